The summed E-state index contributed by atoms with van der Waals surface area (Å²) >= 11 is 1.87. The molecular weight excluding hydrogens is 997 g/mol. The van der Waals surface area contributed by atoms with Crippen LogP contribution in [0.4, 0.5) is 16.2 Å². The number of alkyl carbamates (subject to hydrolysis) is 1. The summed E-state index contributed by atoms with van der Waals surface area (Å²) in [7, 11) is 0. The number of rotatable bonds is 28. The fourth-order valence-electron chi connectivity index (χ4n) is 9.65. The van der Waals surface area contributed by atoms with Crippen molar-refractivity contribution < 1.29 is 62.5 Å². The molecule has 6 rings (SSSR count). The number of ether oxygens (including phenoxy) is 2. The molecule has 2 aliphatic heterocycles. The van der Waals surface area contributed by atoms with E-state index < -0.39 is 30.5 Å². The Morgan fingerprint density at radius 3 is 2.15 bits per heavy atom. The zero-order valence-corrected chi connectivity index (χ0v) is 45.4. The van der Waals surface area contributed by atoms with E-state index in [1.165, 1.54) is 0 Å². The molecule has 0 unspecified atom stereocenters. The zero-order valence-electron chi connectivity index (χ0n) is 43.7. The SMILES string of the molecule is CCN1/C(=C/C=C/C=C/C2=[N+](CCCCCC(=O)NCCCC[C@H](NC(=O)OCc3ccccc3)C(=O)COC(=O)c3c(C)cccc3C)c3ccc(SOOO)cc3C2(C)C)C(C)(C)c2cc(SOOO)ccc21. The molecule has 0 saturated carbocycles. The second-order valence-corrected chi connectivity index (χ2v) is 20.9. The number of ketones is 1. The lowest BCUT2D eigenvalue weighted by Crippen LogP contribution is -2.43. The van der Waals surface area contributed by atoms with Crippen molar-refractivity contribution in [3.63, 3.8) is 0 Å². The molecule has 4 aromatic rings. The van der Waals surface area contributed by atoms with Gasteiger partial charge in [0.25, 0.3) is 0 Å². The number of benzene rings is 4. The van der Waals surface area contributed by atoms with E-state index in [-0.39, 0.29) is 29.8 Å². The number of hydrogen-bond acceptors (Lipinski definition) is 15. The largest absolute Gasteiger partial charge is 0.454 e. The summed E-state index contributed by atoms with van der Waals surface area (Å²) < 4.78 is 22.6. The van der Waals surface area contributed by atoms with Gasteiger partial charge in [0.1, 0.15) is 13.2 Å². The van der Waals surface area contributed by atoms with Crippen molar-refractivity contribution in [2.24, 2.45) is 0 Å². The molecule has 0 saturated heterocycles. The molecule has 2 amide bonds. The molecule has 0 spiro atoms. The molecular formula is C57H69N4O12S2+. The Labute approximate surface area is 448 Å². The molecule has 4 aromatic carbocycles. The van der Waals surface area contributed by atoms with Gasteiger partial charge in [-0.05, 0) is 125 Å². The standard InChI is InChI=1S/C57H68N4O12S2/c1-8-60-47-31-29-42(74-72-70-66)35-44(47)56(4,5)50(60)26-14-10-15-27-51-57(6,7)45-36-43(75-73-71-67)30-32-48(45)61(51)34-19-11-16-28-52(63)58-33-18-17-25-46(59-55(65)69-37-41-23-12-9-13-24-41)49(62)38-68-54(64)53-39(2)21-20-22-40(53)3/h9-10,12-15,20-24,26-27,29-32,35-36,46H,8,11,16-19,25,28,33-34,37-38H2,1-7H3,(H3-,58,59,63,65,66,67)/p+1/t46-/m0/s1. The maximum absolute atomic E-state index is 13.4. The summed E-state index contributed by atoms with van der Waals surface area (Å²) in [4.78, 5) is 56.0. The average Bonchev–Trinajstić information content (AvgIpc) is 3.77. The molecule has 400 valence electrons. The molecule has 1 atom stereocenters. The van der Waals surface area contributed by atoms with Crippen molar-refractivity contribution in [1.29, 1.82) is 0 Å². The van der Waals surface area contributed by atoms with Crippen LogP contribution in [0.3, 0.4) is 0 Å². The first-order valence-electron chi connectivity index (χ1n) is 25.2. The highest BCUT2D eigenvalue weighted by Crippen LogP contribution is 2.49. The number of nitrogens with one attached hydrogen (secondary N) is 2. The number of esters is 1. The lowest BCUT2D eigenvalue weighted by molar-refractivity contribution is -0.438. The zero-order chi connectivity index (χ0) is 54.0. The quantitative estimate of drug-likeness (QED) is 0.00797. The number of amides is 2. The maximum atomic E-state index is 13.4. The third-order valence-electron chi connectivity index (χ3n) is 13.5. The number of carbonyl (C=O) groups is 4. The van der Waals surface area contributed by atoms with Crippen LogP contribution in [-0.4, -0.2) is 76.8 Å². The third-order valence-corrected chi connectivity index (χ3v) is 14.7. The van der Waals surface area contributed by atoms with E-state index in [4.69, 9.17) is 28.7 Å². The number of anilines is 1. The van der Waals surface area contributed by atoms with E-state index in [9.17, 15) is 19.2 Å². The highest BCUT2D eigenvalue weighted by atomic mass is 32.2. The van der Waals surface area contributed by atoms with E-state index in [2.05, 4.69) is 107 Å². The van der Waals surface area contributed by atoms with Gasteiger partial charge in [-0.3, -0.25) is 9.59 Å². The molecule has 16 nitrogen and oxygen atoms in total. The van der Waals surface area contributed by atoms with Crippen LogP contribution in [-0.2, 0) is 55.2 Å². The molecule has 2 heterocycles. The van der Waals surface area contributed by atoms with Crippen molar-refractivity contribution in [2.75, 3.05) is 31.1 Å². The summed E-state index contributed by atoms with van der Waals surface area (Å²) in [5, 5.41) is 30.8. The Morgan fingerprint density at radius 2 is 1.45 bits per heavy atom. The van der Waals surface area contributed by atoms with Gasteiger partial charge < -0.3 is 25.0 Å². The lowest BCUT2D eigenvalue weighted by Gasteiger charge is -2.25. The minimum Gasteiger partial charge on any atom is -0.454 e. The van der Waals surface area contributed by atoms with E-state index in [0.717, 1.165) is 110 Å². The van der Waals surface area contributed by atoms with Gasteiger partial charge in [0.2, 0.25) is 11.6 Å². The normalized spacial score (nSPS) is 15.4. The predicted molar refractivity (Wildman–Crippen MR) is 290 cm³/mol. The van der Waals surface area contributed by atoms with Crippen LogP contribution in [0.15, 0.2) is 131 Å². The van der Waals surface area contributed by atoms with E-state index in [1.54, 1.807) is 26.0 Å². The monoisotopic (exact) mass is 1070 g/mol. The molecule has 0 aromatic heterocycles. The number of nitrogens with zero attached hydrogens (tertiary/aromatic N) is 2. The van der Waals surface area contributed by atoms with Gasteiger partial charge in [-0.2, -0.15) is 4.58 Å². The Balaban J connectivity index is 1.02. The number of fused-ring (bicyclic) bond motifs is 2. The van der Waals surface area contributed by atoms with Gasteiger partial charge in [0, 0.05) is 70.2 Å². The second-order valence-electron chi connectivity index (χ2n) is 19.4. The fraction of sp³-hybridized carbons (Fsp3) is 0.386. The van der Waals surface area contributed by atoms with Crippen LogP contribution >= 0.6 is 24.1 Å². The Hall–Kier alpha value is -6.09. The lowest BCUT2D eigenvalue weighted by atomic mass is 9.81. The molecule has 4 N–H and O–H groups in total. The first kappa shape index (κ1) is 58.2. The average molecular weight is 1070 g/mol. The highest BCUT2D eigenvalue weighted by molar-refractivity contribution is 7.94. The van der Waals surface area contributed by atoms with Crippen LogP contribution in [0.25, 0.3) is 0 Å². The van der Waals surface area contributed by atoms with Crippen molar-refractivity contribution in [1.82, 2.24) is 10.6 Å². The molecule has 0 aliphatic carbocycles. The number of allylic oxidation sites excluding steroid dienone is 6. The summed E-state index contributed by atoms with van der Waals surface area (Å²) in [6.07, 6.45) is 13.7. The van der Waals surface area contributed by atoms with E-state index >= 15 is 0 Å². The highest BCUT2D eigenvalue weighted by Gasteiger charge is 2.44. The van der Waals surface area contributed by atoms with Gasteiger partial charge in [0.05, 0.1) is 41.1 Å². The molecule has 0 fully saturated rings. The molecule has 2 aliphatic rings. The summed E-state index contributed by atoms with van der Waals surface area (Å²) in [5.74, 6) is -1.14. The van der Waals surface area contributed by atoms with Crippen LogP contribution in [0.2, 0.25) is 0 Å². The first-order chi connectivity index (χ1) is 36.1. The van der Waals surface area contributed by atoms with E-state index in [1.807, 2.05) is 60.7 Å². The minimum atomic E-state index is -0.965. The number of carbonyl (C=O) groups excluding carboxylic acids is 4. The van der Waals surface area contributed by atoms with Crippen molar-refractivity contribution in [2.45, 2.75) is 127 Å². The van der Waals surface area contributed by atoms with Crippen LogP contribution in [0.1, 0.15) is 118 Å². The first-order valence-corrected chi connectivity index (χ1v) is 26.7. The Bertz CT molecular complexity index is 2740. The van der Waals surface area contributed by atoms with Gasteiger partial charge >= 0.3 is 12.1 Å². The maximum Gasteiger partial charge on any atom is 0.408 e. The molecule has 0 bridgehead atoms. The number of aryl methyl sites for hydroxylation is 2. The number of likely N-dealkylation sites (N-methyl/N-ethyl adjacent to an activating group) is 1. The van der Waals surface area contributed by atoms with Crippen molar-refractivity contribution in [3.05, 3.63) is 154 Å². The van der Waals surface area contributed by atoms with Crippen LogP contribution in [0, 0.1) is 13.8 Å². The number of unbranched alkanes of at least 4 members (excludes halogenated alkanes) is 3. The Morgan fingerprint density at radius 1 is 0.760 bits per heavy atom. The summed E-state index contributed by atoms with van der Waals surface area (Å²) in [6.45, 7) is 15.9. The number of Topliss-reactive ketones (excluding diaryl/α,β-unsaturated/α-hetero) is 1. The third kappa shape index (κ3) is 15.5. The van der Waals surface area contributed by atoms with E-state index in [0.29, 0.717) is 37.8 Å². The number of hydrogen-bond donors (Lipinski definition) is 4. The molecule has 75 heavy (non-hydrogen) atoms. The van der Waals surface area contributed by atoms with Gasteiger partial charge in [0.15, 0.2) is 18.1 Å². The van der Waals surface area contributed by atoms with Crippen molar-refractivity contribution >= 4 is 64.9 Å². The molecule has 0 radical (unpaired) electrons. The van der Waals surface area contributed by atoms with Crippen molar-refractivity contribution in [3.8, 4) is 0 Å². The summed E-state index contributed by atoms with van der Waals surface area (Å²) in [5.41, 5.74) is 8.68. The van der Waals surface area contributed by atoms with Crippen LogP contribution in [0.5, 0.6) is 0 Å². The topological polar surface area (TPSA) is 194 Å². The minimum absolute atomic E-state index is 0.0258. The van der Waals surface area contributed by atoms with Crippen LogP contribution < -0.4 is 15.5 Å². The Kier molecular flexibility index (Phi) is 21.8. The van der Waals surface area contributed by atoms with Gasteiger partial charge in [-0.25, -0.2) is 20.1 Å². The predicted octanol–water partition coefficient (Wildman–Crippen LogP) is 11.9. The second kappa shape index (κ2) is 28.2. The van der Waals surface area contributed by atoms with Gasteiger partial charge in [-0.15, -0.1) is 8.67 Å². The fourth-order valence-corrected chi connectivity index (χ4v) is 10.4. The van der Waals surface area contributed by atoms with Gasteiger partial charge in [-0.1, -0.05) is 90.7 Å². The molecule has 18 heteroatoms. The smallest absolute Gasteiger partial charge is 0.408 e. The summed E-state index contributed by atoms with van der Waals surface area (Å²) in [6, 6.07) is 25.7.